The van der Waals surface area contributed by atoms with Gasteiger partial charge in [-0.1, -0.05) is 35.9 Å². The van der Waals surface area contributed by atoms with Crippen molar-refractivity contribution >= 4 is 23.3 Å². The van der Waals surface area contributed by atoms with E-state index in [1.54, 1.807) is 30.5 Å². The number of hydrogen-bond acceptors (Lipinski definition) is 3. The third-order valence-electron chi connectivity index (χ3n) is 5.03. The molecule has 2 heterocycles. The van der Waals surface area contributed by atoms with E-state index in [1.807, 2.05) is 12.1 Å². The van der Waals surface area contributed by atoms with E-state index in [0.29, 0.717) is 17.3 Å². The molecule has 1 aromatic heterocycles. The van der Waals surface area contributed by atoms with Gasteiger partial charge in [-0.05, 0) is 53.9 Å². The van der Waals surface area contributed by atoms with Crippen LogP contribution in [0, 0.1) is 0 Å². The summed E-state index contributed by atoms with van der Waals surface area (Å²) >= 11 is 5.89. The second-order valence-corrected chi connectivity index (χ2v) is 7.30. The van der Waals surface area contributed by atoms with Crippen molar-refractivity contribution in [2.24, 2.45) is 0 Å². The summed E-state index contributed by atoms with van der Waals surface area (Å²) in [5.74, 6) is 0.853. The molecule has 3 aromatic rings. The first-order valence-corrected chi connectivity index (χ1v) is 9.71. The average molecular weight is 396 g/mol. The zero-order valence-corrected chi connectivity index (χ0v) is 16.2. The molecular weight excluding hydrogens is 374 g/mol. The predicted octanol–water partition coefficient (Wildman–Crippen LogP) is 4.85. The van der Waals surface area contributed by atoms with Crippen LogP contribution in [0.25, 0.3) is 0 Å². The van der Waals surface area contributed by atoms with Crippen LogP contribution in [0.2, 0.25) is 5.02 Å². The molecule has 0 fully saturated rings. The van der Waals surface area contributed by atoms with E-state index in [9.17, 15) is 4.79 Å². The molecule has 2 amide bonds. The molecule has 2 N–H and O–H groups in total. The van der Waals surface area contributed by atoms with E-state index in [0.717, 1.165) is 25.3 Å². The van der Waals surface area contributed by atoms with E-state index < -0.39 is 0 Å². The molecule has 0 unspecified atom stereocenters. The van der Waals surface area contributed by atoms with Crippen LogP contribution in [0.3, 0.4) is 0 Å². The number of nitrogens with one attached hydrogen (secondary N) is 2. The van der Waals surface area contributed by atoms with Gasteiger partial charge < -0.3 is 15.1 Å². The molecule has 144 valence electrons. The van der Waals surface area contributed by atoms with Crippen molar-refractivity contribution in [1.29, 1.82) is 0 Å². The van der Waals surface area contributed by atoms with Crippen LogP contribution in [0.1, 0.15) is 22.9 Å². The molecule has 2 aromatic carbocycles. The Morgan fingerprint density at radius 3 is 2.61 bits per heavy atom. The summed E-state index contributed by atoms with van der Waals surface area (Å²) < 4.78 is 5.67. The number of nitrogens with zero attached hydrogens (tertiary/aromatic N) is 1. The molecule has 1 aliphatic heterocycles. The van der Waals surface area contributed by atoms with Gasteiger partial charge >= 0.3 is 6.03 Å². The smallest absolute Gasteiger partial charge is 0.319 e. The van der Waals surface area contributed by atoms with E-state index >= 15 is 0 Å². The first-order valence-electron chi connectivity index (χ1n) is 9.34. The van der Waals surface area contributed by atoms with E-state index in [1.165, 1.54) is 11.1 Å². The molecule has 0 radical (unpaired) electrons. The summed E-state index contributed by atoms with van der Waals surface area (Å²) in [6.45, 7) is 2.21. The van der Waals surface area contributed by atoms with Crippen molar-refractivity contribution in [3.63, 3.8) is 0 Å². The fourth-order valence-electron chi connectivity index (χ4n) is 3.57. The molecule has 4 rings (SSSR count). The number of halogens is 1. The fourth-order valence-corrected chi connectivity index (χ4v) is 3.70. The number of fused-ring (bicyclic) bond motifs is 1. The minimum Gasteiger partial charge on any atom is -0.468 e. The van der Waals surface area contributed by atoms with Gasteiger partial charge in [0.1, 0.15) is 5.76 Å². The SMILES string of the molecule is O=C(NC[C@H](c1ccco1)N1CCc2ccccc2C1)Nc1ccc(Cl)cc1. The van der Waals surface area contributed by atoms with Crippen LogP contribution in [-0.2, 0) is 13.0 Å². The number of amides is 2. The molecule has 1 aliphatic rings. The molecule has 0 saturated carbocycles. The van der Waals surface area contributed by atoms with Crippen LogP contribution in [0.5, 0.6) is 0 Å². The Hall–Kier alpha value is -2.76. The largest absolute Gasteiger partial charge is 0.468 e. The standard InChI is InChI=1S/C22H22ClN3O2/c23-18-7-9-19(10-8-18)25-22(27)24-14-20(21-6-3-13-28-21)26-12-11-16-4-1-2-5-17(16)15-26/h1-10,13,20H,11-12,14-15H2,(H2,24,25,27)/t20-/m1/s1. The molecule has 5 nitrogen and oxygen atoms in total. The number of furan rings is 1. The highest BCUT2D eigenvalue weighted by molar-refractivity contribution is 6.30. The first-order chi connectivity index (χ1) is 13.7. The quantitative estimate of drug-likeness (QED) is 0.649. The summed E-state index contributed by atoms with van der Waals surface area (Å²) in [4.78, 5) is 14.7. The maximum atomic E-state index is 12.3. The van der Waals surface area contributed by atoms with Crippen LogP contribution < -0.4 is 10.6 Å². The molecule has 0 aliphatic carbocycles. The zero-order valence-electron chi connectivity index (χ0n) is 15.4. The van der Waals surface area contributed by atoms with Gasteiger partial charge in [-0.25, -0.2) is 4.79 Å². The lowest BCUT2D eigenvalue weighted by Gasteiger charge is -2.34. The lowest BCUT2D eigenvalue weighted by Crippen LogP contribution is -2.41. The highest BCUT2D eigenvalue weighted by Gasteiger charge is 2.27. The molecule has 0 spiro atoms. The normalized spacial score (nSPS) is 14.9. The third-order valence-corrected chi connectivity index (χ3v) is 5.28. The van der Waals surface area contributed by atoms with Crippen molar-refractivity contribution < 1.29 is 9.21 Å². The van der Waals surface area contributed by atoms with Gasteiger partial charge in [0.15, 0.2) is 0 Å². The van der Waals surface area contributed by atoms with E-state index in [4.69, 9.17) is 16.0 Å². The van der Waals surface area contributed by atoms with Gasteiger partial charge in [-0.2, -0.15) is 0 Å². The number of benzene rings is 2. The number of urea groups is 1. The minimum absolute atomic E-state index is 0.0284. The van der Waals surface area contributed by atoms with Gasteiger partial charge in [0.25, 0.3) is 0 Å². The topological polar surface area (TPSA) is 57.5 Å². The third kappa shape index (κ3) is 4.38. The van der Waals surface area contributed by atoms with Crippen molar-refractivity contribution in [1.82, 2.24) is 10.2 Å². The Morgan fingerprint density at radius 2 is 1.86 bits per heavy atom. The molecule has 6 heteroatoms. The Kier molecular flexibility index (Phi) is 5.65. The summed E-state index contributed by atoms with van der Waals surface area (Å²) in [5.41, 5.74) is 3.42. The Labute approximate surface area is 169 Å². The molecule has 0 saturated heterocycles. The highest BCUT2D eigenvalue weighted by atomic mass is 35.5. The second-order valence-electron chi connectivity index (χ2n) is 6.86. The Morgan fingerprint density at radius 1 is 1.07 bits per heavy atom. The summed E-state index contributed by atoms with van der Waals surface area (Å²) in [5, 5.41) is 6.43. The lowest BCUT2D eigenvalue weighted by molar-refractivity contribution is 0.156. The second kappa shape index (κ2) is 8.50. The van der Waals surface area contributed by atoms with Gasteiger partial charge in [0, 0.05) is 30.3 Å². The van der Waals surface area contributed by atoms with Crippen LogP contribution in [-0.4, -0.2) is 24.0 Å². The summed E-state index contributed by atoms with van der Waals surface area (Å²) in [6.07, 6.45) is 2.67. The van der Waals surface area contributed by atoms with Crippen LogP contribution in [0.4, 0.5) is 10.5 Å². The molecular formula is C22H22ClN3O2. The number of rotatable bonds is 5. The summed E-state index contributed by atoms with van der Waals surface area (Å²) in [6, 6.07) is 19.1. The van der Waals surface area contributed by atoms with E-state index in [-0.39, 0.29) is 12.1 Å². The van der Waals surface area contributed by atoms with Gasteiger partial charge in [-0.15, -0.1) is 0 Å². The van der Waals surface area contributed by atoms with Gasteiger partial charge in [0.05, 0.1) is 12.3 Å². The average Bonchev–Trinajstić information content (AvgIpc) is 3.24. The lowest BCUT2D eigenvalue weighted by atomic mass is 9.98. The minimum atomic E-state index is -0.253. The van der Waals surface area contributed by atoms with Crippen molar-refractivity contribution in [2.45, 2.75) is 19.0 Å². The highest BCUT2D eigenvalue weighted by Crippen LogP contribution is 2.28. The van der Waals surface area contributed by atoms with Crippen molar-refractivity contribution in [3.05, 3.63) is 88.8 Å². The number of carbonyl (C=O) groups is 1. The Balaban J connectivity index is 1.43. The zero-order chi connectivity index (χ0) is 19.3. The molecule has 0 bridgehead atoms. The van der Waals surface area contributed by atoms with E-state index in [2.05, 4.69) is 39.8 Å². The van der Waals surface area contributed by atoms with Crippen molar-refractivity contribution in [3.8, 4) is 0 Å². The van der Waals surface area contributed by atoms with Crippen LogP contribution in [0.15, 0.2) is 71.3 Å². The van der Waals surface area contributed by atoms with Gasteiger partial charge in [0.2, 0.25) is 0 Å². The monoisotopic (exact) mass is 395 g/mol. The first kappa shape index (κ1) is 18.6. The number of anilines is 1. The maximum absolute atomic E-state index is 12.3. The fraction of sp³-hybridized carbons (Fsp3) is 0.227. The number of carbonyl (C=O) groups excluding carboxylic acids is 1. The molecule has 1 atom stereocenters. The van der Waals surface area contributed by atoms with Gasteiger partial charge in [-0.3, -0.25) is 4.90 Å². The molecule has 28 heavy (non-hydrogen) atoms. The Bertz CT molecular complexity index is 925. The predicted molar refractivity (Wildman–Crippen MR) is 110 cm³/mol. The van der Waals surface area contributed by atoms with Crippen molar-refractivity contribution in [2.75, 3.05) is 18.4 Å². The maximum Gasteiger partial charge on any atom is 0.319 e. The summed E-state index contributed by atoms with van der Waals surface area (Å²) in [7, 11) is 0. The van der Waals surface area contributed by atoms with Crippen LogP contribution >= 0.6 is 11.6 Å². The number of hydrogen-bond donors (Lipinski definition) is 2.